The van der Waals surface area contributed by atoms with Gasteiger partial charge in [0.05, 0.1) is 0 Å². The maximum Gasteiger partial charge on any atom is 0.155 e. The molecule has 0 aliphatic carbocycles. The largest absolute Gasteiger partial charge is 0.507 e. The van der Waals surface area contributed by atoms with Gasteiger partial charge in [-0.15, -0.1) is 0 Å². The van der Waals surface area contributed by atoms with Gasteiger partial charge in [-0.3, -0.25) is 4.79 Å². The average molecular weight is 288 g/mol. The molecular weight excluding hydrogens is 260 g/mol. The van der Waals surface area contributed by atoms with Crippen molar-refractivity contribution in [3.63, 3.8) is 0 Å². The first-order valence-electron chi connectivity index (χ1n) is 7.41. The summed E-state index contributed by atoms with van der Waals surface area (Å²) in [7, 11) is 0. The molecule has 116 valence electrons. The first-order chi connectivity index (χ1) is 9.34. The summed E-state index contributed by atoms with van der Waals surface area (Å²) in [5.41, 5.74) is 3.21. The molecule has 0 saturated heterocycles. The third kappa shape index (κ3) is 4.20. The molecule has 1 N–H and O–H groups in total. The quantitative estimate of drug-likeness (QED) is 0.779. The zero-order valence-electron chi connectivity index (χ0n) is 14.6. The molecule has 1 rings (SSSR count). The molecular formula is C19H28O2. The smallest absolute Gasteiger partial charge is 0.155 e. The Morgan fingerprint density at radius 2 is 1.33 bits per heavy atom. The summed E-state index contributed by atoms with van der Waals surface area (Å²) >= 11 is 0. The highest BCUT2D eigenvalue weighted by Crippen LogP contribution is 2.40. The number of aromatic hydroxyl groups is 1. The van der Waals surface area contributed by atoms with Crippen molar-refractivity contribution in [2.75, 3.05) is 0 Å². The number of phenolic OH excluding ortho intramolecular Hbond substituents is 1. The van der Waals surface area contributed by atoms with E-state index < -0.39 is 0 Å². The Bertz CT molecular complexity index is 544. The third-order valence-corrected chi connectivity index (χ3v) is 3.69. The predicted octanol–water partition coefficient (Wildman–Crippen LogP) is 4.98. The van der Waals surface area contributed by atoms with Crippen molar-refractivity contribution in [1.82, 2.24) is 0 Å². The van der Waals surface area contributed by atoms with Crippen LogP contribution in [0, 0.1) is 0 Å². The SMILES string of the molecule is CC(=O)C(C)=Cc1cc(C(C)(C)C)c(O)c(C(C)(C)C)c1. The van der Waals surface area contributed by atoms with E-state index in [1.807, 2.05) is 25.1 Å². The first-order valence-corrected chi connectivity index (χ1v) is 7.41. The van der Waals surface area contributed by atoms with Crippen molar-refractivity contribution >= 4 is 11.9 Å². The number of hydrogen-bond donors (Lipinski definition) is 1. The molecule has 0 atom stereocenters. The molecule has 1 aromatic carbocycles. The molecule has 2 nitrogen and oxygen atoms in total. The van der Waals surface area contributed by atoms with E-state index in [9.17, 15) is 9.90 Å². The zero-order valence-corrected chi connectivity index (χ0v) is 14.6. The lowest BCUT2D eigenvalue weighted by molar-refractivity contribution is -0.113. The minimum Gasteiger partial charge on any atom is -0.507 e. The number of benzene rings is 1. The van der Waals surface area contributed by atoms with Gasteiger partial charge in [0, 0.05) is 11.1 Å². The van der Waals surface area contributed by atoms with Crippen LogP contribution in [0.1, 0.15) is 72.1 Å². The van der Waals surface area contributed by atoms with E-state index >= 15 is 0 Å². The second kappa shape index (κ2) is 5.67. The lowest BCUT2D eigenvalue weighted by atomic mass is 9.78. The number of carbonyl (C=O) groups excluding carboxylic acids is 1. The lowest BCUT2D eigenvalue weighted by Gasteiger charge is -2.28. The van der Waals surface area contributed by atoms with Gasteiger partial charge in [0.1, 0.15) is 5.75 Å². The Morgan fingerprint density at radius 3 is 1.62 bits per heavy atom. The monoisotopic (exact) mass is 288 g/mol. The molecule has 0 radical (unpaired) electrons. The molecule has 0 aromatic heterocycles. The van der Waals surface area contributed by atoms with Crippen LogP contribution in [0.5, 0.6) is 5.75 Å². The second-order valence-corrected chi connectivity index (χ2v) is 7.85. The lowest BCUT2D eigenvalue weighted by Crippen LogP contribution is -2.17. The fraction of sp³-hybridized carbons (Fsp3) is 0.526. The Balaban J connectivity index is 3.63. The maximum absolute atomic E-state index is 11.5. The van der Waals surface area contributed by atoms with Crippen molar-refractivity contribution in [2.24, 2.45) is 0 Å². The van der Waals surface area contributed by atoms with Crippen LogP contribution < -0.4 is 0 Å². The van der Waals surface area contributed by atoms with E-state index in [2.05, 4.69) is 41.5 Å². The number of Topliss-reactive ketones (excluding diaryl/α,β-unsaturated/α-hetero) is 1. The van der Waals surface area contributed by atoms with Crippen LogP contribution in [0.4, 0.5) is 0 Å². The highest BCUT2D eigenvalue weighted by atomic mass is 16.3. The van der Waals surface area contributed by atoms with Crippen LogP contribution in [-0.4, -0.2) is 10.9 Å². The van der Waals surface area contributed by atoms with Crippen LogP contribution in [0.15, 0.2) is 17.7 Å². The second-order valence-electron chi connectivity index (χ2n) is 7.85. The number of rotatable bonds is 2. The summed E-state index contributed by atoms with van der Waals surface area (Å²) in [4.78, 5) is 11.5. The molecule has 0 spiro atoms. The number of ketones is 1. The molecule has 0 heterocycles. The molecule has 21 heavy (non-hydrogen) atoms. The average Bonchev–Trinajstić information content (AvgIpc) is 2.27. The van der Waals surface area contributed by atoms with Crippen LogP contribution in [0.3, 0.4) is 0 Å². The van der Waals surface area contributed by atoms with Gasteiger partial charge in [0.25, 0.3) is 0 Å². The van der Waals surface area contributed by atoms with Crippen molar-refractivity contribution < 1.29 is 9.90 Å². The van der Waals surface area contributed by atoms with Gasteiger partial charge >= 0.3 is 0 Å². The van der Waals surface area contributed by atoms with E-state index in [-0.39, 0.29) is 16.6 Å². The summed E-state index contributed by atoms with van der Waals surface area (Å²) in [6.07, 6.45) is 1.90. The number of carbonyl (C=O) groups is 1. The maximum atomic E-state index is 11.5. The summed E-state index contributed by atoms with van der Waals surface area (Å²) in [5.74, 6) is 0.435. The van der Waals surface area contributed by atoms with Gasteiger partial charge in [-0.2, -0.15) is 0 Å². The van der Waals surface area contributed by atoms with E-state index in [0.717, 1.165) is 22.3 Å². The topological polar surface area (TPSA) is 37.3 Å². The molecule has 0 aliphatic rings. The number of allylic oxidation sites excluding steroid dienone is 1. The van der Waals surface area contributed by atoms with Crippen LogP contribution >= 0.6 is 0 Å². The number of phenols is 1. The molecule has 2 heteroatoms. The van der Waals surface area contributed by atoms with Gasteiger partial charge < -0.3 is 5.11 Å². The Labute approximate surface area is 128 Å². The highest BCUT2D eigenvalue weighted by molar-refractivity contribution is 5.97. The van der Waals surface area contributed by atoms with Gasteiger partial charge in [-0.1, -0.05) is 41.5 Å². The highest BCUT2D eigenvalue weighted by Gasteiger charge is 2.26. The molecule has 0 fully saturated rings. The Kier molecular flexibility index (Phi) is 4.72. The van der Waals surface area contributed by atoms with E-state index in [4.69, 9.17) is 0 Å². The Morgan fingerprint density at radius 1 is 0.952 bits per heavy atom. The van der Waals surface area contributed by atoms with Crippen molar-refractivity contribution in [3.05, 3.63) is 34.4 Å². The van der Waals surface area contributed by atoms with E-state index in [0.29, 0.717) is 5.75 Å². The van der Waals surface area contributed by atoms with Crippen LogP contribution in [-0.2, 0) is 15.6 Å². The summed E-state index contributed by atoms with van der Waals surface area (Å²) in [6, 6.07) is 3.97. The van der Waals surface area contributed by atoms with Crippen molar-refractivity contribution in [3.8, 4) is 5.75 Å². The summed E-state index contributed by atoms with van der Waals surface area (Å²) in [5, 5.41) is 10.6. The van der Waals surface area contributed by atoms with Gasteiger partial charge in [0.2, 0.25) is 0 Å². The third-order valence-electron chi connectivity index (χ3n) is 3.69. The normalized spacial score (nSPS) is 13.4. The fourth-order valence-electron chi connectivity index (χ4n) is 2.24. The minimum absolute atomic E-state index is 0.0673. The van der Waals surface area contributed by atoms with Crippen LogP contribution in [0.25, 0.3) is 6.08 Å². The van der Waals surface area contributed by atoms with Crippen LogP contribution in [0.2, 0.25) is 0 Å². The predicted molar refractivity (Wildman–Crippen MR) is 89.8 cm³/mol. The van der Waals surface area contributed by atoms with Crippen molar-refractivity contribution in [2.45, 2.75) is 66.2 Å². The fourth-order valence-corrected chi connectivity index (χ4v) is 2.24. The standard InChI is InChI=1S/C19H28O2/c1-12(13(2)20)9-14-10-15(18(3,4)5)17(21)16(11-14)19(6,7)8/h9-11,21H,1-8H3. The van der Waals surface area contributed by atoms with Crippen molar-refractivity contribution in [1.29, 1.82) is 0 Å². The molecule has 0 aliphatic heterocycles. The minimum atomic E-state index is -0.155. The summed E-state index contributed by atoms with van der Waals surface area (Å²) < 4.78 is 0. The molecule has 1 aromatic rings. The molecule has 0 amide bonds. The van der Waals surface area contributed by atoms with Gasteiger partial charge in [-0.05, 0) is 54.0 Å². The van der Waals surface area contributed by atoms with E-state index in [1.165, 1.54) is 0 Å². The first kappa shape index (κ1) is 17.5. The Hall–Kier alpha value is -1.57. The molecule has 0 unspecified atom stereocenters. The zero-order chi connectivity index (χ0) is 16.6. The molecule has 0 saturated carbocycles. The number of hydrogen-bond acceptors (Lipinski definition) is 2. The van der Waals surface area contributed by atoms with Gasteiger partial charge in [-0.25, -0.2) is 0 Å². The molecule has 0 bridgehead atoms. The summed E-state index contributed by atoms with van der Waals surface area (Å²) in [6.45, 7) is 15.9. The van der Waals surface area contributed by atoms with Gasteiger partial charge in [0.15, 0.2) is 5.78 Å². The van der Waals surface area contributed by atoms with E-state index in [1.54, 1.807) is 6.92 Å².